The summed E-state index contributed by atoms with van der Waals surface area (Å²) in [5.41, 5.74) is 0.291. The van der Waals surface area contributed by atoms with E-state index in [1.165, 1.54) is 0 Å². The van der Waals surface area contributed by atoms with Crippen molar-refractivity contribution in [2.75, 3.05) is 32.9 Å². The average Bonchev–Trinajstić information content (AvgIpc) is 2.70. The van der Waals surface area contributed by atoms with Crippen molar-refractivity contribution in [1.29, 1.82) is 0 Å². The molecule has 1 saturated heterocycles. The van der Waals surface area contributed by atoms with Crippen molar-refractivity contribution in [3.8, 4) is 17.2 Å². The molecule has 1 aliphatic rings. The van der Waals surface area contributed by atoms with E-state index in [1.54, 1.807) is 26.0 Å². The van der Waals surface area contributed by atoms with E-state index in [1.807, 2.05) is 6.92 Å². The van der Waals surface area contributed by atoms with Crippen LogP contribution in [0.15, 0.2) is 12.1 Å². The second-order valence-electron chi connectivity index (χ2n) is 6.64. The fourth-order valence-corrected chi connectivity index (χ4v) is 3.19. The molecule has 7 nitrogen and oxygen atoms in total. The number of rotatable bonds is 8. The minimum atomic E-state index is -4.89. The van der Waals surface area contributed by atoms with Crippen LogP contribution in [0.5, 0.6) is 17.2 Å². The van der Waals surface area contributed by atoms with Crippen LogP contribution in [0.4, 0.5) is 13.2 Å². The molecule has 0 spiro atoms. The Morgan fingerprint density at radius 1 is 1.00 bits per heavy atom. The predicted molar refractivity (Wildman–Crippen MR) is 103 cm³/mol. The minimum Gasteiger partial charge on any atom is -0.490 e. The zero-order chi connectivity index (χ0) is 22.3. The molecule has 10 heteroatoms. The Hall–Kier alpha value is -2.65. The van der Waals surface area contributed by atoms with Crippen LogP contribution in [0.1, 0.15) is 44.0 Å². The van der Waals surface area contributed by atoms with Gasteiger partial charge in [0.05, 0.1) is 19.8 Å². The van der Waals surface area contributed by atoms with E-state index >= 15 is 0 Å². The van der Waals surface area contributed by atoms with Crippen molar-refractivity contribution in [2.24, 2.45) is 0 Å². The van der Waals surface area contributed by atoms with Crippen LogP contribution in [-0.2, 0) is 4.79 Å². The molecule has 0 atom stereocenters. The van der Waals surface area contributed by atoms with Crippen molar-refractivity contribution in [3.63, 3.8) is 0 Å². The molecule has 168 valence electrons. The normalized spacial score (nSPS) is 14.9. The minimum absolute atomic E-state index is 0.0685. The van der Waals surface area contributed by atoms with Crippen LogP contribution in [0.25, 0.3) is 0 Å². The molecule has 0 aromatic heterocycles. The molecule has 0 unspecified atom stereocenters. The van der Waals surface area contributed by atoms with Crippen LogP contribution in [0.3, 0.4) is 0 Å². The molecule has 2 amide bonds. The second-order valence-corrected chi connectivity index (χ2v) is 6.64. The lowest BCUT2D eigenvalue weighted by molar-refractivity contribution is -0.186. The van der Waals surface area contributed by atoms with Gasteiger partial charge >= 0.3 is 12.1 Å². The SMILES string of the molecule is CCOc1cc(C(=O)NC2CCN(C(=O)C(F)(F)F)CC2)cc(OCC)c1OCC. The number of nitrogens with one attached hydrogen (secondary N) is 1. The number of nitrogens with zero attached hydrogens (tertiary/aromatic N) is 1. The summed E-state index contributed by atoms with van der Waals surface area (Å²) in [6.07, 6.45) is -4.41. The first-order valence-electron chi connectivity index (χ1n) is 9.94. The number of halogens is 3. The van der Waals surface area contributed by atoms with Crippen LogP contribution in [0, 0.1) is 0 Å². The lowest BCUT2D eigenvalue weighted by atomic mass is 10.0. The van der Waals surface area contributed by atoms with Crippen molar-refractivity contribution in [2.45, 2.75) is 45.8 Å². The molecule has 0 bridgehead atoms. The fourth-order valence-electron chi connectivity index (χ4n) is 3.19. The Morgan fingerprint density at radius 3 is 1.93 bits per heavy atom. The van der Waals surface area contributed by atoms with Gasteiger partial charge < -0.3 is 24.4 Å². The number of carbonyl (C=O) groups excluding carboxylic acids is 2. The summed E-state index contributed by atoms with van der Waals surface area (Å²) in [6.45, 7) is 6.41. The smallest absolute Gasteiger partial charge is 0.471 e. The first kappa shape index (κ1) is 23.6. The van der Waals surface area contributed by atoms with Crippen molar-refractivity contribution < 1.29 is 37.0 Å². The Bertz CT molecular complexity index is 719. The number of hydrogen-bond donors (Lipinski definition) is 1. The van der Waals surface area contributed by atoms with Crippen LogP contribution < -0.4 is 19.5 Å². The maximum absolute atomic E-state index is 12.7. The molecule has 1 heterocycles. The number of alkyl halides is 3. The zero-order valence-corrected chi connectivity index (χ0v) is 17.3. The summed E-state index contributed by atoms with van der Waals surface area (Å²) >= 11 is 0. The molecule has 1 aromatic rings. The zero-order valence-electron chi connectivity index (χ0n) is 17.3. The molecule has 1 N–H and O–H groups in total. The van der Waals surface area contributed by atoms with Crippen LogP contribution in [0.2, 0.25) is 0 Å². The molecule has 2 rings (SSSR count). The number of hydrogen-bond acceptors (Lipinski definition) is 5. The number of ether oxygens (including phenoxy) is 3. The lowest BCUT2D eigenvalue weighted by Crippen LogP contribution is -2.50. The summed E-state index contributed by atoms with van der Waals surface area (Å²) < 4.78 is 54.5. The van der Waals surface area contributed by atoms with E-state index in [0.29, 0.717) is 42.6 Å². The summed E-state index contributed by atoms with van der Waals surface area (Å²) in [5.74, 6) is -1.08. The van der Waals surface area contributed by atoms with Crippen molar-refractivity contribution in [3.05, 3.63) is 17.7 Å². The Balaban J connectivity index is 2.10. The number of amides is 2. The number of likely N-dealkylation sites (tertiary alicyclic amines) is 1. The van der Waals surface area contributed by atoms with Gasteiger partial charge in [0.25, 0.3) is 5.91 Å². The van der Waals surface area contributed by atoms with Gasteiger partial charge in [-0.3, -0.25) is 9.59 Å². The van der Waals surface area contributed by atoms with Crippen LogP contribution >= 0.6 is 0 Å². The molecule has 1 fully saturated rings. The summed E-state index contributed by atoms with van der Waals surface area (Å²) in [5, 5.41) is 2.81. The third-order valence-electron chi connectivity index (χ3n) is 4.53. The topological polar surface area (TPSA) is 77.1 Å². The van der Waals surface area contributed by atoms with Gasteiger partial charge in [-0.15, -0.1) is 0 Å². The molecular formula is C20H27F3N2O5. The van der Waals surface area contributed by atoms with Gasteiger partial charge in [-0.1, -0.05) is 0 Å². The summed E-state index contributed by atoms with van der Waals surface area (Å²) in [6, 6.07) is 2.76. The third kappa shape index (κ3) is 5.93. The largest absolute Gasteiger partial charge is 0.490 e. The molecule has 0 aliphatic carbocycles. The summed E-state index contributed by atoms with van der Waals surface area (Å²) in [7, 11) is 0. The first-order chi connectivity index (χ1) is 14.2. The lowest BCUT2D eigenvalue weighted by Gasteiger charge is -2.32. The van der Waals surface area contributed by atoms with E-state index in [-0.39, 0.29) is 32.0 Å². The van der Waals surface area contributed by atoms with Crippen molar-refractivity contribution in [1.82, 2.24) is 10.2 Å². The van der Waals surface area contributed by atoms with E-state index in [2.05, 4.69) is 5.32 Å². The number of piperidine rings is 1. The average molecular weight is 432 g/mol. The van der Waals surface area contributed by atoms with Gasteiger partial charge in [0.15, 0.2) is 11.5 Å². The van der Waals surface area contributed by atoms with E-state index < -0.39 is 18.0 Å². The van der Waals surface area contributed by atoms with E-state index in [9.17, 15) is 22.8 Å². The standard InChI is InChI=1S/C20H27F3N2O5/c1-4-28-15-11-13(12-16(29-5-2)17(15)30-6-3)18(26)24-14-7-9-25(10-8-14)19(27)20(21,22)23/h11-12,14H,4-10H2,1-3H3,(H,24,26). The molecule has 1 aromatic carbocycles. The highest BCUT2D eigenvalue weighted by Crippen LogP contribution is 2.39. The van der Waals surface area contributed by atoms with Gasteiger partial charge in [0.1, 0.15) is 0 Å². The van der Waals surface area contributed by atoms with Crippen LogP contribution in [-0.4, -0.2) is 61.8 Å². The predicted octanol–water partition coefficient (Wildman–Crippen LogP) is 3.17. The number of benzene rings is 1. The quantitative estimate of drug-likeness (QED) is 0.683. The van der Waals surface area contributed by atoms with Crippen molar-refractivity contribution >= 4 is 11.8 Å². The monoisotopic (exact) mass is 432 g/mol. The van der Waals surface area contributed by atoms with Gasteiger partial charge in [-0.05, 0) is 45.7 Å². The highest BCUT2D eigenvalue weighted by atomic mass is 19.4. The van der Waals surface area contributed by atoms with Gasteiger partial charge in [-0.2, -0.15) is 13.2 Å². The molecular weight excluding hydrogens is 405 g/mol. The highest BCUT2D eigenvalue weighted by molar-refractivity contribution is 5.95. The third-order valence-corrected chi connectivity index (χ3v) is 4.53. The van der Waals surface area contributed by atoms with Gasteiger partial charge in [0, 0.05) is 24.7 Å². The van der Waals surface area contributed by atoms with Gasteiger partial charge in [-0.25, -0.2) is 0 Å². The fraction of sp³-hybridized carbons (Fsp3) is 0.600. The van der Waals surface area contributed by atoms with E-state index in [0.717, 1.165) is 4.90 Å². The van der Waals surface area contributed by atoms with E-state index in [4.69, 9.17) is 14.2 Å². The molecule has 0 radical (unpaired) electrons. The second kappa shape index (κ2) is 10.4. The van der Waals surface area contributed by atoms with Gasteiger partial charge in [0.2, 0.25) is 5.75 Å². The number of carbonyl (C=O) groups is 2. The molecule has 0 saturated carbocycles. The Morgan fingerprint density at radius 2 is 1.50 bits per heavy atom. The Labute approximate surface area is 173 Å². The maximum Gasteiger partial charge on any atom is 0.471 e. The maximum atomic E-state index is 12.7. The highest BCUT2D eigenvalue weighted by Gasteiger charge is 2.43. The molecule has 30 heavy (non-hydrogen) atoms. The first-order valence-corrected chi connectivity index (χ1v) is 9.94. The Kier molecular flexibility index (Phi) is 8.19. The summed E-state index contributed by atoms with van der Waals surface area (Å²) in [4.78, 5) is 24.8. The molecule has 1 aliphatic heterocycles.